The fraction of sp³-hybridized carbons (Fsp3) is 0.800. The summed E-state index contributed by atoms with van der Waals surface area (Å²) in [6, 6.07) is 0. The number of carboxylic acids is 4. The van der Waals surface area contributed by atoms with Crippen LogP contribution in [0, 0.1) is 22.7 Å². The third kappa shape index (κ3) is 3.49. The van der Waals surface area contributed by atoms with Crippen molar-refractivity contribution in [2.75, 3.05) is 0 Å². The minimum atomic E-state index is -2.89. The molecule has 8 nitrogen and oxygen atoms in total. The molecule has 0 aromatic carbocycles. The monoisotopic (exact) mass is 398 g/mol. The van der Waals surface area contributed by atoms with Gasteiger partial charge in [0, 0.05) is 0 Å². The van der Waals surface area contributed by atoms with Crippen molar-refractivity contribution in [2.45, 2.75) is 77.0 Å². The highest BCUT2D eigenvalue weighted by molar-refractivity contribution is 6.07. The summed E-state index contributed by atoms with van der Waals surface area (Å²) >= 11 is 0. The van der Waals surface area contributed by atoms with E-state index >= 15 is 0 Å². The molecule has 2 saturated carbocycles. The average molecular weight is 398 g/mol. The quantitative estimate of drug-likeness (QED) is 0.516. The molecule has 2 aliphatic carbocycles. The molecule has 4 N–H and O–H groups in total. The largest absolute Gasteiger partial charge is 0.481 e. The van der Waals surface area contributed by atoms with Gasteiger partial charge < -0.3 is 20.4 Å². The van der Waals surface area contributed by atoms with E-state index in [9.17, 15) is 39.6 Å². The minimum absolute atomic E-state index is 0.130. The van der Waals surface area contributed by atoms with E-state index in [1.165, 1.54) is 0 Å². The normalized spacial score (nSPS) is 29.5. The van der Waals surface area contributed by atoms with Gasteiger partial charge in [-0.05, 0) is 31.6 Å². The van der Waals surface area contributed by atoms with E-state index in [0.29, 0.717) is 44.9 Å². The van der Waals surface area contributed by atoms with Gasteiger partial charge in [0.05, 0.1) is 11.3 Å². The molecule has 2 unspecified atom stereocenters. The molecule has 0 spiro atoms. The van der Waals surface area contributed by atoms with Gasteiger partial charge in [-0.15, -0.1) is 0 Å². The maximum Gasteiger partial charge on any atom is 0.323 e. The first kappa shape index (κ1) is 22.2. The third-order valence-electron chi connectivity index (χ3n) is 6.95. The summed E-state index contributed by atoms with van der Waals surface area (Å²) in [5.41, 5.74) is -5.04. The molecular weight excluding hydrogens is 368 g/mol. The molecule has 0 saturated heterocycles. The van der Waals surface area contributed by atoms with Crippen LogP contribution in [0.4, 0.5) is 0 Å². The van der Waals surface area contributed by atoms with Crippen LogP contribution < -0.4 is 0 Å². The summed E-state index contributed by atoms with van der Waals surface area (Å²) in [7, 11) is 0. The number of hydrogen-bond acceptors (Lipinski definition) is 4. The zero-order valence-corrected chi connectivity index (χ0v) is 16.1. The van der Waals surface area contributed by atoms with Gasteiger partial charge in [-0.25, -0.2) is 0 Å². The summed E-state index contributed by atoms with van der Waals surface area (Å²) in [5, 5.41) is 40.4. The van der Waals surface area contributed by atoms with E-state index in [0.717, 1.165) is 19.3 Å². The van der Waals surface area contributed by atoms with Crippen molar-refractivity contribution in [3.8, 4) is 0 Å². The molecule has 8 heteroatoms. The van der Waals surface area contributed by atoms with E-state index in [2.05, 4.69) is 0 Å². The Morgan fingerprint density at radius 1 is 0.607 bits per heavy atom. The summed E-state index contributed by atoms with van der Waals surface area (Å²) in [6.07, 6.45) is 5.95. The van der Waals surface area contributed by atoms with Crippen LogP contribution in [0.3, 0.4) is 0 Å². The Labute approximate surface area is 163 Å². The molecule has 0 aliphatic heterocycles. The predicted molar refractivity (Wildman–Crippen MR) is 97.8 cm³/mol. The number of carbonyl (C=O) groups is 4. The van der Waals surface area contributed by atoms with Crippen LogP contribution in [0.5, 0.6) is 0 Å². The highest BCUT2D eigenvalue weighted by Crippen LogP contribution is 2.59. The average Bonchev–Trinajstić information content (AvgIpc) is 2.54. The van der Waals surface area contributed by atoms with Crippen molar-refractivity contribution in [3.05, 3.63) is 0 Å². The van der Waals surface area contributed by atoms with E-state index in [1.807, 2.05) is 0 Å². The third-order valence-corrected chi connectivity index (χ3v) is 6.95. The number of rotatable bonds is 5. The molecule has 0 heterocycles. The topological polar surface area (TPSA) is 149 Å². The van der Waals surface area contributed by atoms with E-state index in [-0.39, 0.29) is 12.8 Å². The predicted octanol–water partition coefficient (Wildman–Crippen LogP) is 3.24. The van der Waals surface area contributed by atoms with E-state index in [1.54, 1.807) is 0 Å². The van der Waals surface area contributed by atoms with Gasteiger partial charge >= 0.3 is 23.9 Å². The molecule has 0 bridgehead atoms. The standard InChI is InChI=1S/C20H30O8/c21-15(22)14-11-7-4-8-12-19(16(23)24,20(14,17(25)26)18(27)28)13-9-5-2-1-3-6-10-13/h13-14H,1-12H2,(H,21,22)(H,23,24)(H,25,26)(H,27,28). The fourth-order valence-corrected chi connectivity index (χ4v) is 5.66. The van der Waals surface area contributed by atoms with Crippen LogP contribution in [0.15, 0.2) is 0 Å². The van der Waals surface area contributed by atoms with Gasteiger partial charge in [0.25, 0.3) is 0 Å². The molecule has 2 rings (SSSR count). The van der Waals surface area contributed by atoms with Crippen LogP contribution in [0.2, 0.25) is 0 Å². The Balaban J connectivity index is 2.80. The minimum Gasteiger partial charge on any atom is -0.481 e. The van der Waals surface area contributed by atoms with Gasteiger partial charge in [-0.2, -0.15) is 0 Å². The maximum absolute atomic E-state index is 12.7. The van der Waals surface area contributed by atoms with E-state index in [4.69, 9.17) is 0 Å². The molecule has 2 atom stereocenters. The Morgan fingerprint density at radius 3 is 1.54 bits per heavy atom. The van der Waals surface area contributed by atoms with E-state index < -0.39 is 46.5 Å². The molecule has 28 heavy (non-hydrogen) atoms. The first-order chi connectivity index (χ1) is 13.2. The van der Waals surface area contributed by atoms with Gasteiger partial charge in [0.15, 0.2) is 5.41 Å². The molecule has 0 radical (unpaired) electrons. The SMILES string of the molecule is O=C(O)C1CCCCCC(C(=O)O)(C2CCCCCCC2)C1(C(=O)O)C(=O)O. The van der Waals surface area contributed by atoms with Crippen LogP contribution in [0.1, 0.15) is 77.0 Å². The lowest BCUT2D eigenvalue weighted by molar-refractivity contribution is -0.207. The number of aliphatic carboxylic acids is 4. The Bertz CT molecular complexity index is 606. The highest BCUT2D eigenvalue weighted by atomic mass is 16.4. The second-order valence-corrected chi connectivity index (χ2v) is 8.23. The molecule has 158 valence electrons. The van der Waals surface area contributed by atoms with Crippen molar-refractivity contribution < 1.29 is 39.6 Å². The lowest BCUT2D eigenvalue weighted by atomic mass is 9.47. The van der Waals surface area contributed by atoms with Crippen LogP contribution in [-0.4, -0.2) is 44.3 Å². The molecule has 0 amide bonds. The zero-order chi connectivity index (χ0) is 20.9. The first-order valence-electron chi connectivity index (χ1n) is 10.2. The van der Waals surface area contributed by atoms with Crippen LogP contribution >= 0.6 is 0 Å². The fourth-order valence-electron chi connectivity index (χ4n) is 5.66. The van der Waals surface area contributed by atoms with Crippen molar-refractivity contribution in [2.24, 2.45) is 22.7 Å². The van der Waals surface area contributed by atoms with Crippen molar-refractivity contribution in [1.29, 1.82) is 0 Å². The van der Waals surface area contributed by atoms with Crippen molar-refractivity contribution >= 4 is 23.9 Å². The second kappa shape index (κ2) is 8.92. The smallest absolute Gasteiger partial charge is 0.323 e. The molecule has 2 aliphatic rings. The molecule has 2 fully saturated rings. The molecule has 0 aromatic heterocycles. The van der Waals surface area contributed by atoms with Crippen molar-refractivity contribution in [3.63, 3.8) is 0 Å². The summed E-state index contributed by atoms with van der Waals surface area (Å²) in [6.45, 7) is 0. The first-order valence-corrected chi connectivity index (χ1v) is 10.2. The van der Waals surface area contributed by atoms with Crippen LogP contribution in [-0.2, 0) is 19.2 Å². The zero-order valence-electron chi connectivity index (χ0n) is 16.1. The van der Waals surface area contributed by atoms with Gasteiger partial charge in [-0.3, -0.25) is 19.2 Å². The van der Waals surface area contributed by atoms with Gasteiger partial charge in [-0.1, -0.05) is 51.4 Å². The molecule has 0 aromatic rings. The highest BCUT2D eigenvalue weighted by Gasteiger charge is 2.73. The summed E-state index contributed by atoms with van der Waals surface area (Å²) in [5.74, 6) is -9.21. The Hall–Kier alpha value is -2.12. The Kier molecular flexibility index (Phi) is 7.06. The number of hydrogen-bond donors (Lipinski definition) is 4. The lowest BCUT2D eigenvalue weighted by Crippen LogP contribution is -2.65. The lowest BCUT2D eigenvalue weighted by Gasteiger charge is -2.50. The summed E-state index contributed by atoms with van der Waals surface area (Å²) < 4.78 is 0. The van der Waals surface area contributed by atoms with Gasteiger partial charge in [0.2, 0.25) is 0 Å². The van der Waals surface area contributed by atoms with Gasteiger partial charge in [0.1, 0.15) is 0 Å². The summed E-state index contributed by atoms with van der Waals surface area (Å²) in [4.78, 5) is 49.8. The van der Waals surface area contributed by atoms with Crippen LogP contribution in [0.25, 0.3) is 0 Å². The second-order valence-electron chi connectivity index (χ2n) is 8.23. The van der Waals surface area contributed by atoms with Crippen molar-refractivity contribution in [1.82, 2.24) is 0 Å². The molecular formula is C20H30O8. The maximum atomic E-state index is 12.7. The Morgan fingerprint density at radius 2 is 1.07 bits per heavy atom. The number of carboxylic acid groups (broad SMARTS) is 4.